The van der Waals surface area contributed by atoms with Crippen LogP contribution in [0.1, 0.15) is 74.2 Å². The molecule has 7 rings (SSSR count). The van der Waals surface area contributed by atoms with Crippen molar-refractivity contribution >= 4 is 21.8 Å². The van der Waals surface area contributed by atoms with Gasteiger partial charge in [0, 0.05) is 47.4 Å². The molecule has 1 N–H and O–H groups in total. The van der Waals surface area contributed by atoms with Gasteiger partial charge in [0.25, 0.3) is 0 Å². The second-order valence-electron chi connectivity index (χ2n) is 11.3. The smallest absolute Gasteiger partial charge is 0.170 e. The van der Waals surface area contributed by atoms with E-state index in [4.69, 9.17) is 4.74 Å². The van der Waals surface area contributed by atoms with Crippen LogP contribution < -0.4 is 0 Å². The monoisotopic (exact) mass is 486 g/mol. The molecule has 1 aliphatic heterocycles. The SMILES string of the molecule is CC1CC2(C1)CC(c1c(C3CCOCC3)n(-c3ccc(F)c(F)c3)c3cc4c(C#N)n[nH]c4cc13)C2. The molecule has 7 heteroatoms. The van der Waals surface area contributed by atoms with Gasteiger partial charge in [-0.2, -0.15) is 10.4 Å². The van der Waals surface area contributed by atoms with Crippen LogP contribution in [0.5, 0.6) is 0 Å². The number of nitrogens with zero attached hydrogens (tertiary/aromatic N) is 3. The number of fused-ring (bicyclic) bond motifs is 2. The van der Waals surface area contributed by atoms with Gasteiger partial charge < -0.3 is 9.30 Å². The van der Waals surface area contributed by atoms with E-state index in [2.05, 4.69) is 33.8 Å². The van der Waals surface area contributed by atoms with E-state index < -0.39 is 11.6 Å². The highest BCUT2D eigenvalue weighted by molar-refractivity contribution is 6.00. The maximum Gasteiger partial charge on any atom is 0.170 e. The summed E-state index contributed by atoms with van der Waals surface area (Å²) in [7, 11) is 0. The Labute approximate surface area is 208 Å². The molecule has 3 heterocycles. The van der Waals surface area contributed by atoms with Crippen molar-refractivity contribution in [1.29, 1.82) is 5.26 Å². The second kappa shape index (κ2) is 7.88. The zero-order valence-electron chi connectivity index (χ0n) is 20.3. The quantitative estimate of drug-likeness (QED) is 0.345. The maximum atomic E-state index is 14.5. The average Bonchev–Trinajstić information content (AvgIpc) is 3.39. The van der Waals surface area contributed by atoms with E-state index in [9.17, 15) is 14.0 Å². The summed E-state index contributed by atoms with van der Waals surface area (Å²) in [5.41, 5.74) is 5.70. The van der Waals surface area contributed by atoms with Crippen LogP contribution in [-0.2, 0) is 4.74 Å². The van der Waals surface area contributed by atoms with Crippen LogP contribution in [0.2, 0.25) is 0 Å². The standard InChI is InChI=1S/C29H28F2N4O/c1-16-11-29(12-16)13-18(14-29)27-21-9-24-20(25(15-32)34-33-24)10-26(21)35(19-2-3-22(30)23(31)8-19)28(27)17-4-6-36-7-5-17/h2-3,8-10,16-18H,4-7,11-14H2,1H3,(H,33,34). The van der Waals surface area contributed by atoms with Gasteiger partial charge in [-0.15, -0.1) is 0 Å². The number of nitrogens with one attached hydrogen (secondary N) is 1. The Morgan fingerprint density at radius 1 is 1.03 bits per heavy atom. The first-order chi connectivity index (χ1) is 17.5. The van der Waals surface area contributed by atoms with Crippen molar-refractivity contribution in [2.75, 3.05) is 13.2 Å². The molecule has 2 aromatic heterocycles. The first kappa shape index (κ1) is 22.0. The van der Waals surface area contributed by atoms with E-state index in [1.807, 2.05) is 6.07 Å². The van der Waals surface area contributed by atoms with Gasteiger partial charge >= 0.3 is 0 Å². The summed E-state index contributed by atoms with van der Waals surface area (Å²) in [6, 6.07) is 10.4. The largest absolute Gasteiger partial charge is 0.381 e. The van der Waals surface area contributed by atoms with Crippen molar-refractivity contribution in [2.24, 2.45) is 11.3 Å². The Morgan fingerprint density at radius 3 is 2.50 bits per heavy atom. The minimum atomic E-state index is -0.859. The van der Waals surface area contributed by atoms with Gasteiger partial charge in [-0.3, -0.25) is 5.10 Å². The predicted molar refractivity (Wildman–Crippen MR) is 133 cm³/mol. The summed E-state index contributed by atoms with van der Waals surface area (Å²) < 4.78 is 36.3. The fourth-order valence-corrected chi connectivity index (χ4v) is 7.57. The second-order valence-corrected chi connectivity index (χ2v) is 11.3. The molecule has 4 aromatic rings. The maximum absolute atomic E-state index is 14.5. The molecule has 3 fully saturated rings. The zero-order valence-corrected chi connectivity index (χ0v) is 20.3. The fourth-order valence-electron chi connectivity index (χ4n) is 7.57. The van der Waals surface area contributed by atoms with Crippen molar-refractivity contribution in [3.63, 3.8) is 0 Å². The molecule has 3 aliphatic rings. The number of aromatic amines is 1. The first-order valence-electron chi connectivity index (χ1n) is 13.0. The van der Waals surface area contributed by atoms with Gasteiger partial charge in [0.15, 0.2) is 17.3 Å². The number of H-pyrrole nitrogens is 1. The predicted octanol–water partition coefficient (Wildman–Crippen LogP) is 6.84. The van der Waals surface area contributed by atoms with Crippen LogP contribution in [0.25, 0.3) is 27.5 Å². The van der Waals surface area contributed by atoms with E-state index >= 15 is 0 Å². The number of nitriles is 1. The van der Waals surface area contributed by atoms with E-state index in [1.165, 1.54) is 49.1 Å². The lowest BCUT2D eigenvalue weighted by molar-refractivity contribution is -0.0342. The van der Waals surface area contributed by atoms with Crippen LogP contribution in [0.15, 0.2) is 30.3 Å². The molecule has 184 valence electrons. The summed E-state index contributed by atoms with van der Waals surface area (Å²) >= 11 is 0. The lowest BCUT2D eigenvalue weighted by atomic mass is 9.47. The third-order valence-corrected chi connectivity index (χ3v) is 8.93. The Bertz CT molecular complexity index is 1540. The van der Waals surface area contributed by atoms with Crippen molar-refractivity contribution in [1.82, 2.24) is 14.8 Å². The van der Waals surface area contributed by atoms with Crippen LogP contribution in [0.3, 0.4) is 0 Å². The van der Waals surface area contributed by atoms with Crippen molar-refractivity contribution < 1.29 is 13.5 Å². The Morgan fingerprint density at radius 2 is 1.81 bits per heavy atom. The molecule has 5 nitrogen and oxygen atoms in total. The zero-order chi connectivity index (χ0) is 24.6. The van der Waals surface area contributed by atoms with Crippen molar-refractivity contribution in [2.45, 2.75) is 57.3 Å². The lowest BCUT2D eigenvalue weighted by Gasteiger charge is -2.57. The molecule has 0 radical (unpaired) electrons. The topological polar surface area (TPSA) is 66.6 Å². The summed E-state index contributed by atoms with van der Waals surface area (Å²) in [6.07, 6.45) is 6.74. The minimum Gasteiger partial charge on any atom is -0.381 e. The Balaban J connectivity index is 1.51. The average molecular weight is 487 g/mol. The van der Waals surface area contributed by atoms with Gasteiger partial charge in [0.2, 0.25) is 0 Å². The van der Waals surface area contributed by atoms with Gasteiger partial charge in [0.1, 0.15) is 6.07 Å². The molecule has 2 aliphatic carbocycles. The highest BCUT2D eigenvalue weighted by Gasteiger charge is 2.53. The molecular weight excluding hydrogens is 458 g/mol. The molecule has 0 amide bonds. The van der Waals surface area contributed by atoms with Gasteiger partial charge in [-0.05, 0) is 85.6 Å². The lowest BCUT2D eigenvalue weighted by Crippen LogP contribution is -2.45. The van der Waals surface area contributed by atoms with Crippen LogP contribution in [0.4, 0.5) is 8.78 Å². The molecule has 0 unspecified atom stereocenters. The van der Waals surface area contributed by atoms with Crippen molar-refractivity contribution in [3.05, 3.63) is 58.9 Å². The number of benzene rings is 2. The molecule has 1 saturated heterocycles. The molecule has 1 spiro atoms. The van der Waals surface area contributed by atoms with E-state index in [1.54, 1.807) is 6.07 Å². The third-order valence-electron chi connectivity index (χ3n) is 8.93. The summed E-state index contributed by atoms with van der Waals surface area (Å²) in [6.45, 7) is 3.72. The van der Waals surface area contributed by atoms with Crippen LogP contribution in [0, 0.1) is 34.3 Å². The number of aromatic nitrogens is 3. The fraction of sp³-hybridized carbons (Fsp3) is 0.448. The molecule has 2 saturated carbocycles. The molecular formula is C29H28F2N4O. The van der Waals surface area contributed by atoms with Gasteiger partial charge in [-0.25, -0.2) is 8.78 Å². The number of hydrogen-bond donors (Lipinski definition) is 1. The number of hydrogen-bond acceptors (Lipinski definition) is 3. The van der Waals surface area contributed by atoms with E-state index in [-0.39, 0.29) is 5.92 Å². The Hall–Kier alpha value is -3.24. The van der Waals surface area contributed by atoms with E-state index in [0.29, 0.717) is 35.9 Å². The third kappa shape index (κ3) is 3.17. The van der Waals surface area contributed by atoms with Gasteiger partial charge in [-0.1, -0.05) is 6.92 Å². The number of rotatable bonds is 3. The first-order valence-corrected chi connectivity index (χ1v) is 13.0. The summed E-state index contributed by atoms with van der Waals surface area (Å²) in [4.78, 5) is 0. The minimum absolute atomic E-state index is 0.262. The highest BCUT2D eigenvalue weighted by Crippen LogP contribution is 2.65. The number of halogens is 2. The van der Waals surface area contributed by atoms with Crippen LogP contribution in [-0.4, -0.2) is 28.0 Å². The number of ether oxygens (including phenoxy) is 1. The molecule has 0 atom stereocenters. The van der Waals surface area contributed by atoms with Gasteiger partial charge in [0.05, 0.1) is 11.0 Å². The summed E-state index contributed by atoms with van der Waals surface area (Å²) in [5.74, 6) is -0.217. The highest BCUT2D eigenvalue weighted by atomic mass is 19.2. The normalized spacial score (nSPS) is 26.3. The van der Waals surface area contributed by atoms with Crippen molar-refractivity contribution in [3.8, 4) is 11.8 Å². The molecule has 36 heavy (non-hydrogen) atoms. The van der Waals surface area contributed by atoms with E-state index in [0.717, 1.165) is 40.6 Å². The molecule has 2 aromatic carbocycles. The molecule has 0 bridgehead atoms. The van der Waals surface area contributed by atoms with Crippen LogP contribution >= 0.6 is 0 Å². The summed E-state index contributed by atoms with van der Waals surface area (Å²) in [5, 5.41) is 18.7. The Kier molecular flexibility index (Phi) is 4.81.